The van der Waals surface area contributed by atoms with Gasteiger partial charge in [0.25, 0.3) is 0 Å². The Morgan fingerprint density at radius 2 is 1.74 bits per heavy atom. The summed E-state index contributed by atoms with van der Waals surface area (Å²) >= 11 is 0. The molecule has 0 unspecified atom stereocenters. The number of nitrogens with zero attached hydrogens (tertiary/aromatic N) is 2. The Morgan fingerprint density at radius 1 is 1.22 bits per heavy atom. The second-order valence-electron chi connectivity index (χ2n) is 6.10. The van der Waals surface area contributed by atoms with Crippen LogP contribution in [-0.2, 0) is 14.8 Å². The Bertz CT molecular complexity index is 654. The lowest BCUT2D eigenvalue weighted by atomic mass is 10.2. The summed E-state index contributed by atoms with van der Waals surface area (Å²) in [6.07, 6.45) is 5.12. The van der Waals surface area contributed by atoms with Crippen LogP contribution in [0.4, 0.5) is 10.1 Å². The highest BCUT2D eigenvalue weighted by atomic mass is 32.2. The Balaban J connectivity index is 2.28. The maximum absolute atomic E-state index is 13.1. The van der Waals surface area contributed by atoms with Crippen LogP contribution >= 0.6 is 0 Å². The van der Waals surface area contributed by atoms with Gasteiger partial charge in [-0.05, 0) is 44.0 Å². The first-order valence-electron chi connectivity index (χ1n) is 7.73. The van der Waals surface area contributed by atoms with Crippen LogP contribution in [0.2, 0.25) is 0 Å². The number of rotatable bonds is 5. The minimum atomic E-state index is -3.67. The van der Waals surface area contributed by atoms with Crippen molar-refractivity contribution in [3.05, 3.63) is 30.1 Å². The van der Waals surface area contributed by atoms with Gasteiger partial charge in [-0.2, -0.15) is 0 Å². The molecule has 0 heterocycles. The lowest BCUT2D eigenvalue weighted by Crippen LogP contribution is -2.50. The molecule has 128 valence electrons. The van der Waals surface area contributed by atoms with Gasteiger partial charge < -0.3 is 4.90 Å². The molecule has 1 aliphatic carbocycles. The second kappa shape index (κ2) is 6.86. The monoisotopic (exact) mass is 342 g/mol. The molecule has 1 saturated carbocycles. The number of benzene rings is 1. The number of carbonyl (C=O) groups excluding carboxylic acids is 1. The Morgan fingerprint density at radius 3 is 2.22 bits per heavy atom. The topological polar surface area (TPSA) is 57.7 Å². The van der Waals surface area contributed by atoms with Gasteiger partial charge in [0.2, 0.25) is 15.9 Å². The number of amides is 1. The SMILES string of the molecule is C[C@@H](C(=O)N(C)C1CCCC1)N(c1ccc(F)cc1)S(C)(=O)=O. The number of likely N-dealkylation sites (N-methyl/N-ethyl adjacent to an activating group) is 1. The van der Waals surface area contributed by atoms with Gasteiger partial charge in [0.05, 0.1) is 11.9 Å². The zero-order valence-electron chi connectivity index (χ0n) is 13.7. The molecule has 2 rings (SSSR count). The molecule has 1 fully saturated rings. The maximum Gasteiger partial charge on any atom is 0.246 e. The molecule has 0 N–H and O–H groups in total. The minimum absolute atomic E-state index is 0.166. The van der Waals surface area contributed by atoms with E-state index in [9.17, 15) is 17.6 Å². The van der Waals surface area contributed by atoms with Crippen molar-refractivity contribution in [3.8, 4) is 0 Å². The highest BCUT2D eigenvalue weighted by Gasteiger charge is 2.33. The van der Waals surface area contributed by atoms with Gasteiger partial charge in [-0.3, -0.25) is 9.10 Å². The first-order chi connectivity index (χ1) is 10.7. The number of anilines is 1. The molecule has 1 amide bonds. The van der Waals surface area contributed by atoms with Crippen LogP contribution in [0.1, 0.15) is 32.6 Å². The fraction of sp³-hybridized carbons (Fsp3) is 0.562. The van der Waals surface area contributed by atoms with Crippen LogP contribution in [0, 0.1) is 5.82 Å². The molecule has 0 aliphatic heterocycles. The van der Waals surface area contributed by atoms with Gasteiger partial charge >= 0.3 is 0 Å². The van der Waals surface area contributed by atoms with Gasteiger partial charge in [-0.15, -0.1) is 0 Å². The fourth-order valence-electron chi connectivity index (χ4n) is 3.16. The number of hydrogen-bond acceptors (Lipinski definition) is 3. The van der Waals surface area contributed by atoms with E-state index in [1.807, 2.05) is 0 Å². The lowest BCUT2D eigenvalue weighted by Gasteiger charge is -2.33. The molecule has 5 nitrogen and oxygen atoms in total. The van der Waals surface area contributed by atoms with E-state index in [4.69, 9.17) is 0 Å². The Hall–Kier alpha value is -1.63. The quantitative estimate of drug-likeness (QED) is 0.825. The minimum Gasteiger partial charge on any atom is -0.341 e. The molecule has 1 atom stereocenters. The number of hydrogen-bond donors (Lipinski definition) is 0. The van der Waals surface area contributed by atoms with Crippen molar-refractivity contribution in [1.29, 1.82) is 0 Å². The molecule has 1 aliphatic rings. The largest absolute Gasteiger partial charge is 0.341 e. The van der Waals surface area contributed by atoms with E-state index in [-0.39, 0.29) is 17.6 Å². The first-order valence-corrected chi connectivity index (χ1v) is 9.58. The zero-order valence-corrected chi connectivity index (χ0v) is 14.5. The van der Waals surface area contributed by atoms with Gasteiger partial charge in [0.15, 0.2) is 0 Å². The molecule has 0 radical (unpaired) electrons. The third kappa shape index (κ3) is 4.02. The van der Waals surface area contributed by atoms with E-state index in [1.54, 1.807) is 18.9 Å². The number of carbonyl (C=O) groups is 1. The van der Waals surface area contributed by atoms with Gasteiger partial charge in [0.1, 0.15) is 11.9 Å². The summed E-state index contributed by atoms with van der Waals surface area (Å²) in [6.45, 7) is 1.57. The predicted molar refractivity (Wildman–Crippen MR) is 88.2 cm³/mol. The lowest BCUT2D eigenvalue weighted by molar-refractivity contribution is -0.132. The molecular formula is C16H23FN2O3S. The highest BCUT2D eigenvalue weighted by molar-refractivity contribution is 7.92. The van der Waals surface area contributed by atoms with Crippen molar-refractivity contribution in [3.63, 3.8) is 0 Å². The van der Waals surface area contributed by atoms with E-state index in [0.29, 0.717) is 0 Å². The third-order valence-corrected chi connectivity index (χ3v) is 5.61. The van der Waals surface area contributed by atoms with Crippen molar-refractivity contribution >= 4 is 21.6 Å². The van der Waals surface area contributed by atoms with Crippen molar-refractivity contribution < 1.29 is 17.6 Å². The summed E-state index contributed by atoms with van der Waals surface area (Å²) in [7, 11) is -1.95. The maximum atomic E-state index is 13.1. The summed E-state index contributed by atoms with van der Waals surface area (Å²) in [5.74, 6) is -0.698. The summed E-state index contributed by atoms with van der Waals surface area (Å²) in [5, 5.41) is 0. The zero-order chi connectivity index (χ0) is 17.2. The van der Waals surface area contributed by atoms with Crippen molar-refractivity contribution in [2.75, 3.05) is 17.6 Å². The van der Waals surface area contributed by atoms with E-state index >= 15 is 0 Å². The molecule has 0 bridgehead atoms. The molecule has 1 aromatic carbocycles. The molecule has 7 heteroatoms. The van der Waals surface area contributed by atoms with E-state index in [1.165, 1.54) is 24.3 Å². The smallest absolute Gasteiger partial charge is 0.246 e. The number of sulfonamides is 1. The van der Waals surface area contributed by atoms with Gasteiger partial charge in [0, 0.05) is 13.1 Å². The predicted octanol–water partition coefficient (Wildman–Crippen LogP) is 2.38. The average Bonchev–Trinajstić information content (AvgIpc) is 3.00. The summed E-state index contributed by atoms with van der Waals surface area (Å²) < 4.78 is 38.5. The average molecular weight is 342 g/mol. The van der Waals surface area contributed by atoms with Crippen molar-refractivity contribution in [2.24, 2.45) is 0 Å². The fourth-order valence-corrected chi connectivity index (χ4v) is 4.33. The van der Waals surface area contributed by atoms with E-state index in [0.717, 1.165) is 36.2 Å². The normalized spacial score (nSPS) is 17.0. The van der Waals surface area contributed by atoms with Gasteiger partial charge in [-0.1, -0.05) is 12.8 Å². The molecule has 0 aromatic heterocycles. The van der Waals surface area contributed by atoms with Gasteiger partial charge in [-0.25, -0.2) is 12.8 Å². The van der Waals surface area contributed by atoms with E-state index in [2.05, 4.69) is 0 Å². The molecule has 23 heavy (non-hydrogen) atoms. The first kappa shape index (κ1) is 17.7. The van der Waals surface area contributed by atoms with Crippen LogP contribution < -0.4 is 4.31 Å². The molecular weight excluding hydrogens is 319 g/mol. The summed E-state index contributed by atoms with van der Waals surface area (Å²) in [4.78, 5) is 14.4. The summed E-state index contributed by atoms with van der Waals surface area (Å²) in [5.41, 5.74) is 0.287. The molecule has 1 aromatic rings. The van der Waals surface area contributed by atoms with Crippen molar-refractivity contribution in [2.45, 2.75) is 44.7 Å². The Labute approximate surface area is 137 Å². The highest BCUT2D eigenvalue weighted by Crippen LogP contribution is 2.26. The third-order valence-electron chi connectivity index (χ3n) is 4.37. The molecule has 0 saturated heterocycles. The Kier molecular flexibility index (Phi) is 5.29. The summed E-state index contributed by atoms with van der Waals surface area (Å²) in [6, 6.07) is 4.41. The van der Waals surface area contributed by atoms with Crippen LogP contribution in [0.5, 0.6) is 0 Å². The number of halogens is 1. The van der Waals surface area contributed by atoms with Crippen LogP contribution in [0.15, 0.2) is 24.3 Å². The molecule has 0 spiro atoms. The van der Waals surface area contributed by atoms with Crippen LogP contribution in [0.25, 0.3) is 0 Å². The van der Waals surface area contributed by atoms with Crippen molar-refractivity contribution in [1.82, 2.24) is 4.90 Å². The van der Waals surface area contributed by atoms with E-state index < -0.39 is 21.9 Å². The van der Waals surface area contributed by atoms with Crippen LogP contribution in [-0.4, -0.2) is 44.6 Å². The second-order valence-corrected chi connectivity index (χ2v) is 7.96. The van der Waals surface area contributed by atoms with Crippen LogP contribution in [0.3, 0.4) is 0 Å². The standard InChI is InChI=1S/C16H23FN2O3S/c1-12(16(20)18(2)14-6-4-5-7-14)19(23(3,21)22)15-10-8-13(17)9-11-15/h8-12,14H,4-7H2,1-3H3/t12-/m0/s1.